The van der Waals surface area contributed by atoms with E-state index in [0.29, 0.717) is 23.0 Å². The van der Waals surface area contributed by atoms with Gasteiger partial charge in [-0.15, -0.1) is 0 Å². The highest BCUT2D eigenvalue weighted by molar-refractivity contribution is 5.41. The predicted molar refractivity (Wildman–Crippen MR) is 124 cm³/mol. The number of phenolic OH excluding ortho intramolecular Hbond substituents is 1. The fraction of sp³-hybridized carbons (Fsp3) is 0.704. The van der Waals surface area contributed by atoms with Gasteiger partial charge in [0.25, 0.3) is 0 Å². The molecule has 30 heavy (non-hydrogen) atoms. The molecule has 3 heteroatoms. The first kappa shape index (κ1) is 21.9. The van der Waals surface area contributed by atoms with E-state index < -0.39 is 0 Å². The molecule has 3 aliphatic rings. The van der Waals surface area contributed by atoms with Crippen molar-refractivity contribution in [1.82, 2.24) is 4.90 Å². The maximum absolute atomic E-state index is 9.95. The Morgan fingerprint density at radius 3 is 2.80 bits per heavy atom. The zero-order valence-electron chi connectivity index (χ0n) is 19.5. The van der Waals surface area contributed by atoms with Gasteiger partial charge in [0.2, 0.25) is 0 Å². The molecule has 4 rings (SSSR count). The van der Waals surface area contributed by atoms with Gasteiger partial charge in [-0.3, -0.25) is 0 Å². The maximum atomic E-state index is 9.95. The lowest BCUT2D eigenvalue weighted by atomic mass is 9.52. The van der Waals surface area contributed by atoms with E-state index in [9.17, 15) is 5.11 Å². The van der Waals surface area contributed by atoms with Gasteiger partial charge in [0, 0.05) is 6.54 Å². The highest BCUT2D eigenvalue weighted by Gasteiger charge is 2.54. The Bertz CT molecular complexity index is 768. The largest absolute Gasteiger partial charge is 0.508 e. The summed E-state index contributed by atoms with van der Waals surface area (Å²) in [6.45, 7) is 14.3. The molecule has 1 aromatic rings. The lowest BCUT2D eigenvalue weighted by Crippen LogP contribution is -2.43. The van der Waals surface area contributed by atoms with E-state index in [4.69, 9.17) is 4.74 Å². The van der Waals surface area contributed by atoms with Crippen LogP contribution in [0.1, 0.15) is 70.4 Å². The summed E-state index contributed by atoms with van der Waals surface area (Å²) in [7, 11) is 0. The summed E-state index contributed by atoms with van der Waals surface area (Å²) in [5, 5.41) is 9.95. The van der Waals surface area contributed by atoms with Crippen molar-refractivity contribution in [2.45, 2.75) is 65.7 Å². The Hall–Kier alpha value is -1.32. The molecule has 0 amide bonds. The Kier molecular flexibility index (Phi) is 6.60. The van der Waals surface area contributed by atoms with E-state index in [1.54, 1.807) is 5.57 Å². The molecule has 4 unspecified atom stereocenters. The van der Waals surface area contributed by atoms with Gasteiger partial charge in [0.1, 0.15) is 5.75 Å². The SMILES string of the molecule is CCN(CC)CCOCC=C1CCC2C3C(CCC12C)c1ccc(O)cc1C[C@H]3C. The Morgan fingerprint density at radius 1 is 1.23 bits per heavy atom. The lowest BCUT2D eigenvalue weighted by Gasteiger charge is -2.52. The molecule has 3 nitrogen and oxygen atoms in total. The number of hydrogen-bond acceptors (Lipinski definition) is 3. The smallest absolute Gasteiger partial charge is 0.115 e. The van der Waals surface area contributed by atoms with E-state index in [0.717, 1.165) is 51.1 Å². The van der Waals surface area contributed by atoms with Crippen LogP contribution in [0.5, 0.6) is 5.75 Å². The van der Waals surface area contributed by atoms with Crippen molar-refractivity contribution in [3.05, 3.63) is 41.0 Å². The molecule has 5 atom stereocenters. The van der Waals surface area contributed by atoms with Crippen LogP contribution >= 0.6 is 0 Å². The number of hydrogen-bond donors (Lipinski definition) is 1. The maximum Gasteiger partial charge on any atom is 0.115 e. The Morgan fingerprint density at radius 2 is 2.03 bits per heavy atom. The van der Waals surface area contributed by atoms with Crippen molar-refractivity contribution < 1.29 is 9.84 Å². The number of benzene rings is 1. The molecule has 0 bridgehead atoms. The van der Waals surface area contributed by atoms with Crippen molar-refractivity contribution in [2.75, 3.05) is 32.8 Å². The minimum atomic E-state index is 0.353. The van der Waals surface area contributed by atoms with Crippen molar-refractivity contribution in [3.8, 4) is 5.75 Å². The molecule has 0 saturated heterocycles. The highest BCUT2D eigenvalue weighted by atomic mass is 16.5. The van der Waals surface area contributed by atoms with E-state index in [1.165, 1.54) is 36.8 Å². The summed E-state index contributed by atoms with van der Waals surface area (Å²) in [6.07, 6.45) is 8.70. The van der Waals surface area contributed by atoms with Gasteiger partial charge in [0.15, 0.2) is 0 Å². The van der Waals surface area contributed by atoms with Gasteiger partial charge in [-0.25, -0.2) is 0 Å². The van der Waals surface area contributed by atoms with Gasteiger partial charge < -0.3 is 14.7 Å². The molecular weight excluding hydrogens is 370 g/mol. The van der Waals surface area contributed by atoms with Crippen LogP contribution in [0.15, 0.2) is 29.8 Å². The average molecular weight is 412 g/mol. The number of nitrogens with zero attached hydrogens (tertiary/aromatic N) is 1. The van der Waals surface area contributed by atoms with Crippen LogP contribution in [-0.4, -0.2) is 42.9 Å². The quantitative estimate of drug-likeness (QED) is 0.456. The van der Waals surface area contributed by atoms with Gasteiger partial charge >= 0.3 is 0 Å². The summed E-state index contributed by atoms with van der Waals surface area (Å²) in [4.78, 5) is 2.42. The van der Waals surface area contributed by atoms with Crippen LogP contribution in [0, 0.1) is 23.2 Å². The second-order valence-electron chi connectivity index (χ2n) is 10.2. The Labute approximate surface area is 183 Å². The monoisotopic (exact) mass is 411 g/mol. The summed E-state index contributed by atoms with van der Waals surface area (Å²) in [5.74, 6) is 3.35. The third-order valence-electron chi connectivity index (χ3n) is 8.80. The third-order valence-corrected chi connectivity index (χ3v) is 8.80. The molecule has 2 saturated carbocycles. The van der Waals surface area contributed by atoms with Crippen molar-refractivity contribution in [2.24, 2.45) is 23.2 Å². The number of phenols is 1. The first-order valence-corrected chi connectivity index (χ1v) is 12.3. The second kappa shape index (κ2) is 9.04. The molecule has 1 N–H and O–H groups in total. The Balaban J connectivity index is 1.44. The van der Waals surface area contributed by atoms with Crippen LogP contribution in [0.4, 0.5) is 0 Å². The third kappa shape index (κ3) is 3.96. The van der Waals surface area contributed by atoms with Crippen LogP contribution < -0.4 is 0 Å². The summed E-state index contributed by atoms with van der Waals surface area (Å²) < 4.78 is 6.00. The molecule has 166 valence electrons. The number of aromatic hydroxyl groups is 1. The zero-order valence-corrected chi connectivity index (χ0v) is 19.5. The molecule has 1 aromatic carbocycles. The summed E-state index contributed by atoms with van der Waals surface area (Å²) >= 11 is 0. The topological polar surface area (TPSA) is 32.7 Å². The molecule has 0 aromatic heterocycles. The van der Waals surface area contributed by atoms with Crippen molar-refractivity contribution in [3.63, 3.8) is 0 Å². The van der Waals surface area contributed by atoms with E-state index in [-0.39, 0.29) is 0 Å². The highest BCUT2D eigenvalue weighted by Crippen LogP contribution is 2.63. The first-order valence-electron chi connectivity index (χ1n) is 12.3. The van der Waals surface area contributed by atoms with Gasteiger partial charge in [0.05, 0.1) is 13.2 Å². The minimum absolute atomic E-state index is 0.353. The van der Waals surface area contributed by atoms with Crippen LogP contribution in [-0.2, 0) is 11.2 Å². The number of likely N-dealkylation sites (N-methyl/N-ethyl adjacent to an activating group) is 1. The molecule has 3 aliphatic carbocycles. The number of fused-ring (bicyclic) bond motifs is 5. The number of ether oxygens (including phenoxy) is 1. The number of allylic oxidation sites excluding steroid dienone is 1. The molecule has 0 radical (unpaired) electrons. The molecule has 0 spiro atoms. The fourth-order valence-corrected chi connectivity index (χ4v) is 7.13. The van der Waals surface area contributed by atoms with Gasteiger partial charge in [-0.2, -0.15) is 0 Å². The number of rotatable bonds is 7. The normalized spacial score (nSPS) is 34.1. The summed E-state index contributed by atoms with van der Waals surface area (Å²) in [5.41, 5.74) is 4.93. The molecule has 0 heterocycles. The van der Waals surface area contributed by atoms with E-state index >= 15 is 0 Å². The van der Waals surface area contributed by atoms with Crippen LogP contribution in [0.25, 0.3) is 0 Å². The van der Waals surface area contributed by atoms with Crippen molar-refractivity contribution >= 4 is 0 Å². The van der Waals surface area contributed by atoms with E-state index in [2.05, 4.69) is 44.7 Å². The van der Waals surface area contributed by atoms with Crippen LogP contribution in [0.2, 0.25) is 0 Å². The van der Waals surface area contributed by atoms with Crippen molar-refractivity contribution in [1.29, 1.82) is 0 Å². The van der Waals surface area contributed by atoms with E-state index in [1.807, 2.05) is 12.1 Å². The van der Waals surface area contributed by atoms with Gasteiger partial charge in [-0.1, -0.05) is 45.4 Å². The zero-order chi connectivity index (χ0) is 21.3. The molecule has 0 aliphatic heterocycles. The fourth-order valence-electron chi connectivity index (χ4n) is 7.13. The van der Waals surface area contributed by atoms with Gasteiger partial charge in [-0.05, 0) is 97.5 Å². The average Bonchev–Trinajstić information content (AvgIpc) is 3.06. The predicted octanol–water partition coefficient (Wildman–Crippen LogP) is 5.78. The first-order chi connectivity index (χ1) is 14.5. The minimum Gasteiger partial charge on any atom is -0.508 e. The second-order valence-corrected chi connectivity index (χ2v) is 10.2. The summed E-state index contributed by atoms with van der Waals surface area (Å²) in [6, 6.07) is 6.13. The molecular formula is C27H41NO2. The van der Waals surface area contributed by atoms with Crippen LogP contribution in [0.3, 0.4) is 0 Å². The molecule has 2 fully saturated rings. The standard InChI is InChI=1S/C27H41NO2/c1-5-28(6-2)14-16-30-15-12-21-7-10-25-26-19(3)17-20-18-22(29)8-9-23(20)24(26)11-13-27(21,25)4/h8-9,12,18-19,24-26,29H,5-7,10-11,13-17H2,1-4H3/t19-,24?,25?,26?,27?/m1/s1. The lowest BCUT2D eigenvalue weighted by molar-refractivity contribution is 0.0483.